The first-order valence-corrected chi connectivity index (χ1v) is 5.19. The second-order valence-corrected chi connectivity index (χ2v) is 3.64. The van der Waals surface area contributed by atoms with E-state index in [1.807, 2.05) is 0 Å². The normalized spacial score (nSPS) is 12.7. The van der Waals surface area contributed by atoms with Gasteiger partial charge in [0.25, 0.3) is 0 Å². The Balaban J connectivity index is 2.18. The summed E-state index contributed by atoms with van der Waals surface area (Å²) in [4.78, 5) is 0. The average Bonchev–Trinajstić information content (AvgIpc) is 2.20. The fraction of sp³-hybridized carbons (Fsp3) is 0.500. The standard InChI is InChI=1S/C12H17FO2/c1-10(14)5-4-8-15-9-11-6-2-3-7-12(11)13/h2-3,6-7,10,14H,4-5,8-9H2,1H3. The van der Waals surface area contributed by atoms with E-state index in [0.717, 1.165) is 12.8 Å². The van der Waals surface area contributed by atoms with Gasteiger partial charge in [0, 0.05) is 12.2 Å². The fourth-order valence-electron chi connectivity index (χ4n) is 1.28. The first kappa shape index (κ1) is 12.1. The first-order valence-electron chi connectivity index (χ1n) is 5.19. The molecule has 0 spiro atoms. The van der Waals surface area contributed by atoms with Crippen LogP contribution in [-0.4, -0.2) is 17.8 Å². The number of benzene rings is 1. The van der Waals surface area contributed by atoms with Gasteiger partial charge in [0.05, 0.1) is 12.7 Å². The van der Waals surface area contributed by atoms with Gasteiger partial charge in [0.1, 0.15) is 5.82 Å². The van der Waals surface area contributed by atoms with Gasteiger partial charge in [-0.2, -0.15) is 0 Å². The molecule has 1 aromatic rings. The van der Waals surface area contributed by atoms with E-state index >= 15 is 0 Å². The highest BCUT2D eigenvalue weighted by atomic mass is 19.1. The fourth-order valence-corrected chi connectivity index (χ4v) is 1.28. The quantitative estimate of drug-likeness (QED) is 0.734. The van der Waals surface area contributed by atoms with Crippen molar-refractivity contribution in [2.45, 2.75) is 32.5 Å². The molecule has 0 aliphatic carbocycles. The maximum atomic E-state index is 13.1. The van der Waals surface area contributed by atoms with Crippen LogP contribution in [-0.2, 0) is 11.3 Å². The molecule has 1 unspecified atom stereocenters. The summed E-state index contributed by atoms with van der Waals surface area (Å²) in [6.07, 6.45) is 1.23. The third-order valence-corrected chi connectivity index (χ3v) is 2.13. The molecule has 0 aromatic heterocycles. The van der Waals surface area contributed by atoms with E-state index in [4.69, 9.17) is 9.84 Å². The zero-order valence-corrected chi connectivity index (χ0v) is 8.95. The number of rotatable bonds is 6. The lowest BCUT2D eigenvalue weighted by molar-refractivity contribution is 0.0996. The van der Waals surface area contributed by atoms with Crippen molar-refractivity contribution < 1.29 is 14.2 Å². The predicted molar refractivity (Wildman–Crippen MR) is 57.0 cm³/mol. The molecule has 84 valence electrons. The zero-order valence-electron chi connectivity index (χ0n) is 8.95. The Labute approximate surface area is 89.7 Å². The number of ether oxygens (including phenoxy) is 1. The summed E-state index contributed by atoms with van der Waals surface area (Å²) in [5, 5.41) is 9.00. The molecule has 0 aliphatic rings. The number of aliphatic hydroxyl groups is 1. The topological polar surface area (TPSA) is 29.5 Å². The molecular weight excluding hydrogens is 195 g/mol. The Kier molecular flexibility index (Phi) is 5.29. The van der Waals surface area contributed by atoms with Gasteiger partial charge >= 0.3 is 0 Å². The van der Waals surface area contributed by atoms with Crippen molar-refractivity contribution in [2.75, 3.05) is 6.61 Å². The van der Waals surface area contributed by atoms with Gasteiger partial charge in [0.2, 0.25) is 0 Å². The highest BCUT2D eigenvalue weighted by Crippen LogP contribution is 2.08. The van der Waals surface area contributed by atoms with Crippen LogP contribution in [0.25, 0.3) is 0 Å². The monoisotopic (exact) mass is 212 g/mol. The van der Waals surface area contributed by atoms with Crippen molar-refractivity contribution in [3.8, 4) is 0 Å². The van der Waals surface area contributed by atoms with Gasteiger partial charge in [-0.15, -0.1) is 0 Å². The maximum absolute atomic E-state index is 13.1. The Morgan fingerprint density at radius 2 is 2.13 bits per heavy atom. The van der Waals surface area contributed by atoms with Crippen LogP contribution >= 0.6 is 0 Å². The molecule has 0 radical (unpaired) electrons. The van der Waals surface area contributed by atoms with E-state index in [1.54, 1.807) is 25.1 Å². The van der Waals surface area contributed by atoms with Crippen molar-refractivity contribution in [3.05, 3.63) is 35.6 Å². The van der Waals surface area contributed by atoms with Gasteiger partial charge in [-0.05, 0) is 25.8 Å². The van der Waals surface area contributed by atoms with Crippen LogP contribution in [0.4, 0.5) is 4.39 Å². The van der Waals surface area contributed by atoms with Crippen molar-refractivity contribution in [1.82, 2.24) is 0 Å². The molecular formula is C12H17FO2. The van der Waals surface area contributed by atoms with Crippen LogP contribution in [0.3, 0.4) is 0 Å². The minimum absolute atomic E-state index is 0.229. The highest BCUT2D eigenvalue weighted by Gasteiger charge is 2.00. The van der Waals surface area contributed by atoms with E-state index in [-0.39, 0.29) is 11.9 Å². The molecule has 1 rings (SSSR count). The second-order valence-electron chi connectivity index (χ2n) is 3.64. The molecule has 1 atom stereocenters. The third-order valence-electron chi connectivity index (χ3n) is 2.13. The molecule has 0 aliphatic heterocycles. The van der Waals surface area contributed by atoms with Gasteiger partial charge < -0.3 is 9.84 Å². The molecule has 3 heteroatoms. The van der Waals surface area contributed by atoms with Gasteiger partial charge in [0.15, 0.2) is 0 Å². The van der Waals surface area contributed by atoms with Crippen LogP contribution in [0.5, 0.6) is 0 Å². The summed E-state index contributed by atoms with van der Waals surface area (Å²) in [5.41, 5.74) is 0.578. The van der Waals surface area contributed by atoms with Crippen LogP contribution in [0.1, 0.15) is 25.3 Å². The molecule has 0 saturated heterocycles. The lowest BCUT2D eigenvalue weighted by Crippen LogP contribution is -2.03. The number of aliphatic hydroxyl groups excluding tert-OH is 1. The van der Waals surface area contributed by atoms with Gasteiger partial charge in [-0.3, -0.25) is 0 Å². The minimum Gasteiger partial charge on any atom is -0.393 e. The summed E-state index contributed by atoms with van der Waals surface area (Å²) in [6, 6.07) is 6.59. The molecule has 1 N–H and O–H groups in total. The lowest BCUT2D eigenvalue weighted by atomic mass is 10.2. The first-order chi connectivity index (χ1) is 7.20. The molecule has 2 nitrogen and oxygen atoms in total. The van der Waals surface area contributed by atoms with Gasteiger partial charge in [-0.25, -0.2) is 4.39 Å². The van der Waals surface area contributed by atoms with E-state index in [2.05, 4.69) is 0 Å². The zero-order chi connectivity index (χ0) is 11.1. The van der Waals surface area contributed by atoms with E-state index < -0.39 is 0 Å². The SMILES string of the molecule is CC(O)CCCOCc1ccccc1F. The van der Waals surface area contributed by atoms with Crippen molar-refractivity contribution in [3.63, 3.8) is 0 Å². The van der Waals surface area contributed by atoms with E-state index in [9.17, 15) is 4.39 Å². The minimum atomic E-state index is -0.290. The summed E-state index contributed by atoms with van der Waals surface area (Å²) in [6.45, 7) is 2.60. The number of halogens is 1. The Hall–Kier alpha value is -0.930. The smallest absolute Gasteiger partial charge is 0.128 e. The van der Waals surface area contributed by atoms with Crippen LogP contribution in [0.2, 0.25) is 0 Å². The molecule has 0 heterocycles. The summed E-state index contributed by atoms with van der Waals surface area (Å²) >= 11 is 0. The molecule has 1 aromatic carbocycles. The Morgan fingerprint density at radius 1 is 1.40 bits per heavy atom. The molecule has 0 fully saturated rings. The second kappa shape index (κ2) is 6.53. The molecule has 0 bridgehead atoms. The van der Waals surface area contributed by atoms with Crippen LogP contribution < -0.4 is 0 Å². The van der Waals surface area contributed by atoms with Crippen LogP contribution in [0, 0.1) is 5.82 Å². The summed E-state index contributed by atoms with van der Waals surface area (Å²) < 4.78 is 18.4. The number of hydrogen-bond donors (Lipinski definition) is 1. The number of hydrogen-bond acceptors (Lipinski definition) is 2. The Bertz CT molecular complexity index is 287. The highest BCUT2D eigenvalue weighted by molar-refractivity contribution is 5.16. The largest absolute Gasteiger partial charge is 0.393 e. The Morgan fingerprint density at radius 3 is 2.80 bits per heavy atom. The predicted octanol–water partition coefficient (Wildman–Crippen LogP) is 2.50. The summed E-state index contributed by atoms with van der Waals surface area (Å²) in [7, 11) is 0. The van der Waals surface area contributed by atoms with Crippen LogP contribution in [0.15, 0.2) is 24.3 Å². The summed E-state index contributed by atoms with van der Waals surface area (Å²) in [5.74, 6) is -0.229. The molecule has 0 saturated carbocycles. The van der Waals surface area contributed by atoms with E-state index in [0.29, 0.717) is 18.8 Å². The van der Waals surface area contributed by atoms with Crippen molar-refractivity contribution in [1.29, 1.82) is 0 Å². The average molecular weight is 212 g/mol. The third kappa shape index (κ3) is 4.91. The molecule has 0 amide bonds. The maximum Gasteiger partial charge on any atom is 0.128 e. The van der Waals surface area contributed by atoms with Crippen molar-refractivity contribution >= 4 is 0 Å². The van der Waals surface area contributed by atoms with Crippen molar-refractivity contribution in [2.24, 2.45) is 0 Å². The lowest BCUT2D eigenvalue weighted by Gasteiger charge is -2.06. The van der Waals surface area contributed by atoms with E-state index in [1.165, 1.54) is 6.07 Å². The molecule has 15 heavy (non-hydrogen) atoms. The van der Waals surface area contributed by atoms with Gasteiger partial charge in [-0.1, -0.05) is 18.2 Å².